The number of carbonyl (C=O) groups excluding carboxylic acids is 1. The van der Waals surface area contributed by atoms with Crippen LogP contribution in [0.2, 0.25) is 0 Å². The van der Waals surface area contributed by atoms with E-state index in [1.165, 1.54) is 32.4 Å². The van der Waals surface area contributed by atoms with E-state index >= 15 is 0 Å². The summed E-state index contributed by atoms with van der Waals surface area (Å²) < 4.78 is 1.06. The molecule has 3 nitrogen and oxygen atoms in total. The molecule has 1 heterocycles. The number of hydrogen-bond donors (Lipinski definition) is 1. The Hall–Kier alpha value is 0.534. The van der Waals surface area contributed by atoms with E-state index in [4.69, 9.17) is 0 Å². The molecule has 0 spiro atoms. The molecule has 1 saturated heterocycles. The Morgan fingerprint density at radius 3 is 2.12 bits per heavy atom. The number of likely N-dealkylation sites (tertiary alicyclic amines) is 1. The first kappa shape index (κ1) is 14.6. The van der Waals surface area contributed by atoms with Crippen molar-refractivity contribution in [2.45, 2.75) is 44.6 Å². The minimum absolute atomic E-state index is 0. The average molecular weight is 300 g/mol. The fourth-order valence-electron chi connectivity index (χ4n) is 3.65. The molecule has 1 amide bonds. The largest absolute Gasteiger partial charge is 0.354 e. The van der Waals surface area contributed by atoms with Crippen LogP contribution in [-0.2, 0) is 37.5 Å². The molecule has 0 unspecified atom stereocenters. The SMILES string of the molecule is CC[N+]1(C2(C(=O)NC)CCC2)CCCC1.[Y]. The number of amides is 1. The molecule has 2 aliphatic rings. The van der Waals surface area contributed by atoms with E-state index in [1.807, 2.05) is 0 Å². The maximum Gasteiger partial charge on any atom is 0.281 e. The van der Waals surface area contributed by atoms with Crippen LogP contribution < -0.4 is 5.32 Å². The van der Waals surface area contributed by atoms with Crippen molar-refractivity contribution in [1.82, 2.24) is 5.32 Å². The van der Waals surface area contributed by atoms with E-state index in [1.54, 1.807) is 7.05 Å². The third kappa shape index (κ3) is 1.89. The van der Waals surface area contributed by atoms with Crippen molar-refractivity contribution in [3.05, 3.63) is 0 Å². The van der Waals surface area contributed by atoms with Gasteiger partial charge in [-0.2, -0.15) is 0 Å². The number of hydrogen-bond acceptors (Lipinski definition) is 1. The molecule has 0 atom stereocenters. The van der Waals surface area contributed by atoms with Crippen LogP contribution in [0.15, 0.2) is 0 Å². The predicted octanol–water partition coefficient (Wildman–Crippen LogP) is 1.28. The van der Waals surface area contributed by atoms with Gasteiger partial charge in [0.25, 0.3) is 5.91 Å². The Labute approximate surface area is 124 Å². The van der Waals surface area contributed by atoms with Gasteiger partial charge in [0.05, 0.1) is 19.6 Å². The molecular weight excluding hydrogens is 277 g/mol. The van der Waals surface area contributed by atoms with E-state index in [-0.39, 0.29) is 44.2 Å². The van der Waals surface area contributed by atoms with Crippen LogP contribution in [0.5, 0.6) is 0 Å². The van der Waals surface area contributed by atoms with Gasteiger partial charge in [0.2, 0.25) is 0 Å². The smallest absolute Gasteiger partial charge is 0.281 e. The van der Waals surface area contributed by atoms with Crippen molar-refractivity contribution in [2.75, 3.05) is 26.7 Å². The molecule has 0 aromatic carbocycles. The van der Waals surface area contributed by atoms with E-state index in [2.05, 4.69) is 12.2 Å². The first-order chi connectivity index (χ1) is 7.21. The molecule has 2 rings (SSSR count). The van der Waals surface area contributed by atoms with E-state index in [9.17, 15) is 4.79 Å². The molecule has 89 valence electrons. The molecule has 16 heavy (non-hydrogen) atoms. The second-order valence-electron chi connectivity index (χ2n) is 5.08. The topological polar surface area (TPSA) is 29.1 Å². The van der Waals surface area contributed by atoms with Gasteiger partial charge in [0.1, 0.15) is 0 Å². The summed E-state index contributed by atoms with van der Waals surface area (Å²) in [6.45, 7) is 5.79. The summed E-state index contributed by atoms with van der Waals surface area (Å²) in [6.07, 6.45) is 6.02. The maximum absolute atomic E-state index is 12.1. The van der Waals surface area contributed by atoms with Crippen molar-refractivity contribution in [3.63, 3.8) is 0 Å². The molecule has 0 aromatic heterocycles. The minimum atomic E-state index is -0.0556. The van der Waals surface area contributed by atoms with Gasteiger partial charge in [-0.05, 0) is 13.3 Å². The Balaban J connectivity index is 0.00000128. The molecule has 0 aromatic rings. The van der Waals surface area contributed by atoms with Crippen LogP contribution >= 0.6 is 0 Å². The van der Waals surface area contributed by atoms with E-state index in [0.717, 1.165) is 23.9 Å². The fourth-order valence-corrected chi connectivity index (χ4v) is 3.65. The molecule has 0 bridgehead atoms. The quantitative estimate of drug-likeness (QED) is 0.782. The van der Waals surface area contributed by atoms with Crippen LogP contribution in [-0.4, -0.2) is 42.6 Å². The molecular formula is C12H23N2OY+. The van der Waals surface area contributed by atoms with Gasteiger partial charge in [-0.3, -0.25) is 4.79 Å². The summed E-state index contributed by atoms with van der Waals surface area (Å²) in [7, 11) is 1.78. The van der Waals surface area contributed by atoms with Gasteiger partial charge in [-0.25, -0.2) is 0 Å². The van der Waals surface area contributed by atoms with Crippen LogP contribution in [0.25, 0.3) is 0 Å². The zero-order chi connectivity index (χ0) is 10.9. The standard InChI is InChI=1S/C12H22N2O.Y/c1-3-14(9-4-5-10-14)12(7-6-8-12)11(15)13-2;/h3-10H2,1-2H3;/p+1. The number of nitrogens with zero attached hydrogens (tertiary/aromatic N) is 1. The van der Waals surface area contributed by atoms with Crippen molar-refractivity contribution in [2.24, 2.45) is 0 Å². The predicted molar refractivity (Wildman–Crippen MR) is 60.4 cm³/mol. The Kier molecular flexibility index (Phi) is 4.97. The normalized spacial score (nSPS) is 25.4. The average Bonchev–Trinajstić information content (AvgIpc) is 2.66. The van der Waals surface area contributed by atoms with Crippen LogP contribution in [0.4, 0.5) is 0 Å². The molecule has 1 aliphatic carbocycles. The van der Waals surface area contributed by atoms with Crippen molar-refractivity contribution in [1.29, 1.82) is 0 Å². The zero-order valence-corrected chi connectivity index (χ0v) is 13.4. The summed E-state index contributed by atoms with van der Waals surface area (Å²) in [4.78, 5) is 12.1. The number of carbonyl (C=O) groups is 1. The third-order valence-corrected chi connectivity index (χ3v) is 4.77. The summed E-state index contributed by atoms with van der Waals surface area (Å²) in [5.74, 6) is 0.289. The van der Waals surface area contributed by atoms with Crippen LogP contribution in [0, 0.1) is 0 Å². The van der Waals surface area contributed by atoms with Crippen molar-refractivity contribution in [3.8, 4) is 0 Å². The summed E-state index contributed by atoms with van der Waals surface area (Å²) in [5, 5.41) is 2.89. The van der Waals surface area contributed by atoms with Crippen LogP contribution in [0.1, 0.15) is 39.0 Å². The molecule has 2 fully saturated rings. The van der Waals surface area contributed by atoms with E-state index < -0.39 is 0 Å². The third-order valence-electron chi connectivity index (χ3n) is 4.77. The number of rotatable bonds is 3. The van der Waals surface area contributed by atoms with Gasteiger partial charge >= 0.3 is 0 Å². The summed E-state index contributed by atoms with van der Waals surface area (Å²) in [6, 6.07) is 0. The van der Waals surface area contributed by atoms with Gasteiger partial charge in [0, 0.05) is 65.4 Å². The van der Waals surface area contributed by atoms with Crippen molar-refractivity contribution < 1.29 is 42.0 Å². The van der Waals surface area contributed by atoms with Gasteiger partial charge in [0.15, 0.2) is 5.54 Å². The first-order valence-electron chi connectivity index (χ1n) is 6.29. The second kappa shape index (κ2) is 5.45. The fraction of sp³-hybridized carbons (Fsp3) is 0.917. The second-order valence-corrected chi connectivity index (χ2v) is 5.08. The number of likely N-dealkylation sites (N-methyl/N-ethyl adjacent to an activating group) is 2. The minimum Gasteiger partial charge on any atom is -0.354 e. The summed E-state index contributed by atoms with van der Waals surface area (Å²) >= 11 is 0. The molecule has 1 aliphatic heterocycles. The van der Waals surface area contributed by atoms with Crippen molar-refractivity contribution >= 4 is 5.91 Å². The number of quaternary nitrogens is 1. The monoisotopic (exact) mass is 300 g/mol. The molecule has 4 heteroatoms. The Bertz CT molecular complexity index is 258. The number of nitrogens with one attached hydrogen (secondary N) is 1. The Morgan fingerprint density at radius 1 is 1.25 bits per heavy atom. The molecule has 1 radical (unpaired) electrons. The van der Waals surface area contributed by atoms with Gasteiger partial charge < -0.3 is 9.80 Å². The maximum atomic E-state index is 12.1. The summed E-state index contributed by atoms with van der Waals surface area (Å²) in [5.41, 5.74) is -0.0556. The van der Waals surface area contributed by atoms with Gasteiger partial charge in [-0.1, -0.05) is 0 Å². The molecule has 1 N–H and O–H groups in total. The van der Waals surface area contributed by atoms with Crippen LogP contribution in [0.3, 0.4) is 0 Å². The molecule has 1 saturated carbocycles. The van der Waals surface area contributed by atoms with Gasteiger partial charge in [-0.15, -0.1) is 0 Å². The first-order valence-corrected chi connectivity index (χ1v) is 6.29. The van der Waals surface area contributed by atoms with E-state index in [0.29, 0.717) is 0 Å². The Morgan fingerprint density at radius 2 is 1.81 bits per heavy atom. The zero-order valence-electron chi connectivity index (χ0n) is 10.6.